The fraction of sp³-hybridized carbons (Fsp3) is 0.412. The molecule has 2 rings (SSSR count). The van der Waals surface area contributed by atoms with Crippen LogP contribution in [-0.2, 0) is 20.6 Å². The number of nitrogens with one attached hydrogen (secondary N) is 1. The van der Waals surface area contributed by atoms with Crippen molar-refractivity contribution in [2.24, 2.45) is 0 Å². The Morgan fingerprint density at radius 2 is 1.96 bits per heavy atom. The molecule has 26 heavy (non-hydrogen) atoms. The number of rotatable bonds is 7. The van der Waals surface area contributed by atoms with Gasteiger partial charge in [0.15, 0.2) is 0 Å². The van der Waals surface area contributed by atoms with Gasteiger partial charge in [-0.2, -0.15) is 0 Å². The van der Waals surface area contributed by atoms with Crippen LogP contribution in [-0.4, -0.2) is 43.6 Å². The lowest BCUT2D eigenvalue weighted by atomic mass is 10.2. The summed E-state index contributed by atoms with van der Waals surface area (Å²) in [5.41, 5.74) is 2.91. The third kappa shape index (κ3) is 4.66. The van der Waals surface area contributed by atoms with Gasteiger partial charge in [0.25, 0.3) is 0 Å². The minimum absolute atomic E-state index is 0.184. The van der Waals surface area contributed by atoms with Crippen LogP contribution in [0.1, 0.15) is 22.6 Å². The number of benzene rings is 1. The Morgan fingerprint density at radius 1 is 1.27 bits per heavy atom. The average molecular weight is 398 g/mol. The molecule has 0 spiro atoms. The maximum absolute atomic E-state index is 12.4. The van der Waals surface area contributed by atoms with Gasteiger partial charge in [-0.15, -0.1) is 11.8 Å². The van der Waals surface area contributed by atoms with Crippen LogP contribution < -0.4 is 5.32 Å². The zero-order valence-electron chi connectivity index (χ0n) is 15.5. The molecule has 1 aromatic heterocycles. The number of aromatic nitrogens is 1. The van der Waals surface area contributed by atoms with Crippen LogP contribution in [0.5, 0.6) is 0 Å². The first kappa shape index (κ1) is 20.5. The molecule has 1 heterocycles. The van der Waals surface area contributed by atoms with Crippen molar-refractivity contribution in [3.05, 3.63) is 40.8 Å². The molecule has 7 nitrogen and oxygen atoms in total. The van der Waals surface area contributed by atoms with E-state index in [0.29, 0.717) is 17.0 Å². The number of carbonyl (C=O) groups is 1. The van der Waals surface area contributed by atoms with Crippen molar-refractivity contribution in [3.8, 4) is 0 Å². The lowest BCUT2D eigenvalue weighted by molar-refractivity contribution is -0.113. The molecule has 0 saturated carbocycles. The van der Waals surface area contributed by atoms with E-state index >= 15 is 0 Å². The highest BCUT2D eigenvalue weighted by Gasteiger charge is 2.20. The highest BCUT2D eigenvalue weighted by Crippen LogP contribution is 2.23. The largest absolute Gasteiger partial charge is 0.361 e. The first-order valence-electron chi connectivity index (χ1n) is 7.95. The minimum atomic E-state index is -3.56. The number of nitrogens with zero attached hydrogens (tertiary/aromatic N) is 2. The minimum Gasteiger partial charge on any atom is -0.361 e. The van der Waals surface area contributed by atoms with Crippen LogP contribution in [0.3, 0.4) is 0 Å². The highest BCUT2D eigenvalue weighted by molar-refractivity contribution is 7.99. The highest BCUT2D eigenvalue weighted by atomic mass is 32.2. The van der Waals surface area contributed by atoms with Gasteiger partial charge in [0, 0.05) is 31.1 Å². The van der Waals surface area contributed by atoms with Crippen molar-refractivity contribution in [3.63, 3.8) is 0 Å². The predicted octanol–water partition coefficient (Wildman–Crippen LogP) is 2.72. The quantitative estimate of drug-likeness (QED) is 0.772. The Bertz CT molecular complexity index is 885. The second-order valence-corrected chi connectivity index (χ2v) is 9.22. The fourth-order valence-corrected chi connectivity index (χ4v) is 4.42. The van der Waals surface area contributed by atoms with Crippen LogP contribution in [0.15, 0.2) is 27.6 Å². The van der Waals surface area contributed by atoms with Gasteiger partial charge < -0.3 is 9.84 Å². The lowest BCUT2D eigenvalue weighted by Crippen LogP contribution is -2.23. The number of hydrogen-bond donors (Lipinski definition) is 1. The van der Waals surface area contributed by atoms with Crippen molar-refractivity contribution in [1.29, 1.82) is 0 Å². The number of amides is 1. The third-order valence-corrected chi connectivity index (χ3v) is 6.81. The van der Waals surface area contributed by atoms with E-state index in [0.717, 1.165) is 21.3 Å². The maximum Gasteiger partial charge on any atom is 0.242 e. The summed E-state index contributed by atoms with van der Waals surface area (Å²) in [7, 11) is -0.607. The summed E-state index contributed by atoms with van der Waals surface area (Å²) in [6.45, 7) is 5.43. The second-order valence-electron chi connectivity index (χ2n) is 6.11. The molecule has 1 N–H and O–H groups in total. The molecular weight excluding hydrogens is 374 g/mol. The van der Waals surface area contributed by atoms with Crippen molar-refractivity contribution in [1.82, 2.24) is 9.46 Å². The summed E-state index contributed by atoms with van der Waals surface area (Å²) < 4.78 is 31.0. The van der Waals surface area contributed by atoms with Gasteiger partial charge in [-0.1, -0.05) is 11.2 Å². The number of anilines is 1. The van der Waals surface area contributed by atoms with E-state index in [-0.39, 0.29) is 16.6 Å². The Labute approximate surface area is 158 Å². The lowest BCUT2D eigenvalue weighted by Gasteiger charge is -2.15. The van der Waals surface area contributed by atoms with Gasteiger partial charge in [-0.25, -0.2) is 12.7 Å². The Morgan fingerprint density at radius 3 is 2.54 bits per heavy atom. The molecule has 0 atom stereocenters. The number of sulfonamides is 1. The number of aryl methyl sites for hydroxylation is 3. The van der Waals surface area contributed by atoms with Crippen molar-refractivity contribution in [2.45, 2.75) is 31.4 Å². The molecule has 2 aromatic rings. The van der Waals surface area contributed by atoms with Crippen molar-refractivity contribution < 1.29 is 17.7 Å². The van der Waals surface area contributed by atoms with Crippen LogP contribution in [0.2, 0.25) is 0 Å². The summed E-state index contributed by atoms with van der Waals surface area (Å²) in [5.74, 6) is 1.43. The molecule has 0 fully saturated rings. The van der Waals surface area contributed by atoms with E-state index in [1.54, 1.807) is 19.1 Å². The molecule has 1 aromatic carbocycles. The van der Waals surface area contributed by atoms with Gasteiger partial charge in [0.1, 0.15) is 5.76 Å². The Hall–Kier alpha value is -1.84. The average Bonchev–Trinajstić information content (AvgIpc) is 2.88. The monoisotopic (exact) mass is 397 g/mol. The zero-order chi connectivity index (χ0) is 19.5. The number of thioether (sulfide) groups is 1. The Balaban J connectivity index is 2.01. The number of hydrogen-bond acceptors (Lipinski definition) is 6. The summed E-state index contributed by atoms with van der Waals surface area (Å²) in [5, 5.41) is 6.64. The van der Waals surface area contributed by atoms with Crippen molar-refractivity contribution in [2.75, 3.05) is 25.2 Å². The summed E-state index contributed by atoms with van der Waals surface area (Å²) >= 11 is 1.45. The fourth-order valence-electron chi connectivity index (χ4n) is 2.30. The van der Waals surface area contributed by atoms with Crippen molar-refractivity contribution >= 4 is 33.4 Å². The van der Waals surface area contributed by atoms with Crippen LogP contribution in [0.4, 0.5) is 5.69 Å². The summed E-state index contributed by atoms with van der Waals surface area (Å²) in [6.07, 6.45) is 0. The molecule has 0 aliphatic rings. The molecule has 0 bridgehead atoms. The van der Waals surface area contributed by atoms with E-state index in [9.17, 15) is 13.2 Å². The molecule has 1 amide bonds. The van der Waals surface area contributed by atoms with E-state index in [2.05, 4.69) is 10.5 Å². The molecule has 0 saturated heterocycles. The Kier molecular flexibility index (Phi) is 6.48. The standard InChI is InChI=1S/C17H23N3O4S2/c1-11-6-7-14(8-16(11)26(22,23)20(4)5)18-17(21)10-25-9-15-12(2)19-24-13(15)3/h6-8H,9-10H2,1-5H3,(H,18,21). The maximum atomic E-state index is 12.4. The summed E-state index contributed by atoms with van der Waals surface area (Å²) in [6, 6.07) is 4.87. The summed E-state index contributed by atoms with van der Waals surface area (Å²) in [4.78, 5) is 12.3. The van der Waals surface area contributed by atoms with Gasteiger partial charge in [0.2, 0.25) is 15.9 Å². The molecule has 0 radical (unpaired) electrons. The molecular formula is C17H23N3O4S2. The first-order valence-corrected chi connectivity index (χ1v) is 10.5. The van der Waals surface area contributed by atoms with Crippen LogP contribution in [0.25, 0.3) is 0 Å². The zero-order valence-corrected chi connectivity index (χ0v) is 17.1. The van der Waals surface area contributed by atoms with Gasteiger partial charge >= 0.3 is 0 Å². The molecule has 0 unspecified atom stereocenters. The van der Waals surface area contributed by atoms with Gasteiger partial charge in [-0.3, -0.25) is 4.79 Å². The molecule has 0 aliphatic heterocycles. The molecule has 142 valence electrons. The molecule has 0 aliphatic carbocycles. The van der Waals surface area contributed by atoms with E-state index in [4.69, 9.17) is 4.52 Å². The van der Waals surface area contributed by atoms with Crippen LogP contribution in [0, 0.1) is 20.8 Å². The predicted molar refractivity (Wildman–Crippen MR) is 103 cm³/mol. The third-order valence-electron chi connectivity index (χ3n) is 3.89. The number of carbonyl (C=O) groups excluding carboxylic acids is 1. The SMILES string of the molecule is Cc1ccc(NC(=O)CSCc2c(C)noc2C)cc1S(=O)(=O)N(C)C. The van der Waals surface area contributed by atoms with Crippen LogP contribution >= 0.6 is 11.8 Å². The molecule has 9 heteroatoms. The van der Waals surface area contributed by atoms with E-state index in [1.165, 1.54) is 31.9 Å². The normalized spacial score (nSPS) is 11.8. The second kappa shape index (κ2) is 8.24. The topological polar surface area (TPSA) is 92.5 Å². The van der Waals surface area contributed by atoms with Gasteiger partial charge in [-0.05, 0) is 38.5 Å². The smallest absolute Gasteiger partial charge is 0.242 e. The first-order chi connectivity index (χ1) is 12.1. The van der Waals surface area contributed by atoms with E-state index in [1.807, 2.05) is 13.8 Å². The van der Waals surface area contributed by atoms with E-state index < -0.39 is 10.0 Å². The van der Waals surface area contributed by atoms with Gasteiger partial charge in [0.05, 0.1) is 16.3 Å².